The molecule has 0 aliphatic heterocycles. The minimum Gasteiger partial charge on any atom is -0.493 e. The van der Waals surface area contributed by atoms with Gasteiger partial charge in [0.15, 0.2) is 11.5 Å². The summed E-state index contributed by atoms with van der Waals surface area (Å²) in [5.41, 5.74) is 2.61. The first-order chi connectivity index (χ1) is 14.5. The van der Waals surface area contributed by atoms with Crippen LogP contribution in [0.2, 0.25) is 0 Å². The van der Waals surface area contributed by atoms with Crippen molar-refractivity contribution >= 4 is 27.3 Å². The number of aryl methyl sites for hydroxylation is 1. The molecule has 0 atom stereocenters. The number of hydrogen-bond donors (Lipinski definition) is 0. The van der Waals surface area contributed by atoms with Crippen LogP contribution in [0.25, 0.3) is 10.1 Å². The van der Waals surface area contributed by atoms with Gasteiger partial charge in [0.25, 0.3) is 5.56 Å². The molecule has 0 aliphatic carbocycles. The average Bonchev–Trinajstić information content (AvgIpc) is 3.06. The Morgan fingerprint density at radius 3 is 2.43 bits per heavy atom. The van der Waals surface area contributed by atoms with E-state index in [1.165, 1.54) is 22.8 Å². The van der Waals surface area contributed by atoms with Crippen molar-refractivity contribution in [1.82, 2.24) is 8.86 Å². The molecule has 1 aromatic heterocycles. The summed E-state index contributed by atoms with van der Waals surface area (Å²) >= 11 is 1.49. The predicted molar refractivity (Wildman–Crippen MR) is 126 cm³/mol. The normalized spacial score (nSPS) is 11.3. The number of benzene rings is 2. The van der Waals surface area contributed by atoms with E-state index in [9.17, 15) is 4.79 Å². The topological polar surface area (TPSA) is 46.9 Å². The van der Waals surface area contributed by atoms with Gasteiger partial charge in [0.05, 0.1) is 24.3 Å². The number of para-hydroxylation sites is 1. The molecule has 7 heteroatoms. The Morgan fingerprint density at radius 1 is 1.07 bits per heavy atom. The van der Waals surface area contributed by atoms with Crippen molar-refractivity contribution in [2.45, 2.75) is 26.4 Å². The van der Waals surface area contributed by atoms with E-state index in [-0.39, 0.29) is 5.56 Å². The monoisotopic (exact) mass is 429 g/mol. The molecule has 0 radical (unpaired) electrons. The summed E-state index contributed by atoms with van der Waals surface area (Å²) in [4.78, 5) is 17.4. The molecular weight excluding hydrogens is 398 g/mol. The van der Waals surface area contributed by atoms with Crippen LogP contribution in [0.3, 0.4) is 0 Å². The van der Waals surface area contributed by atoms with Gasteiger partial charge in [0.1, 0.15) is 0 Å². The maximum Gasteiger partial charge on any atom is 0.268 e. The van der Waals surface area contributed by atoms with Crippen LogP contribution >= 0.6 is 11.5 Å². The number of rotatable bonds is 10. The minimum absolute atomic E-state index is 0.0388. The maximum absolute atomic E-state index is 12.8. The van der Waals surface area contributed by atoms with Gasteiger partial charge in [-0.3, -0.25) is 13.7 Å². The molecule has 30 heavy (non-hydrogen) atoms. The largest absolute Gasteiger partial charge is 0.493 e. The fraction of sp³-hybridized carbons (Fsp3) is 0.435. The zero-order chi connectivity index (χ0) is 21.7. The van der Waals surface area contributed by atoms with Crippen molar-refractivity contribution in [3.63, 3.8) is 0 Å². The molecule has 0 saturated heterocycles. The maximum atomic E-state index is 12.8. The Balaban J connectivity index is 1.69. The summed E-state index contributed by atoms with van der Waals surface area (Å²) in [6, 6.07) is 12.2. The minimum atomic E-state index is 0.0388. The van der Waals surface area contributed by atoms with Gasteiger partial charge < -0.3 is 14.4 Å². The Labute approximate surface area is 182 Å². The summed E-state index contributed by atoms with van der Waals surface area (Å²) in [7, 11) is 7.35. The first-order valence-corrected chi connectivity index (χ1v) is 11.0. The van der Waals surface area contributed by atoms with Gasteiger partial charge in [-0.2, -0.15) is 0 Å². The van der Waals surface area contributed by atoms with Crippen LogP contribution in [0.5, 0.6) is 11.5 Å². The van der Waals surface area contributed by atoms with Crippen molar-refractivity contribution in [2.75, 3.05) is 46.3 Å². The van der Waals surface area contributed by atoms with Crippen LogP contribution in [0.15, 0.2) is 41.2 Å². The van der Waals surface area contributed by atoms with E-state index < -0.39 is 0 Å². The van der Waals surface area contributed by atoms with E-state index >= 15 is 0 Å². The molecule has 3 rings (SSSR count). The Hall–Kier alpha value is -2.51. The van der Waals surface area contributed by atoms with Crippen molar-refractivity contribution in [3.05, 3.63) is 52.3 Å². The van der Waals surface area contributed by atoms with Gasteiger partial charge in [-0.15, -0.1) is 0 Å². The van der Waals surface area contributed by atoms with E-state index in [1.54, 1.807) is 20.3 Å². The standard InChI is InChI=1S/C23H31N3O3S/c1-6-25(16-17-10-7-8-11-19(17)24(2)3)12-9-13-26-23(27)18-14-20(28-4)21(29-5)15-22(18)30-26/h7-8,10-11,14-15H,6,9,12-13,16H2,1-5H3. The first kappa shape index (κ1) is 22.2. The summed E-state index contributed by atoms with van der Waals surface area (Å²) in [5, 5.41) is 0.685. The number of ether oxygens (including phenoxy) is 2. The number of fused-ring (bicyclic) bond motifs is 1. The van der Waals surface area contributed by atoms with E-state index in [0.717, 1.165) is 30.8 Å². The van der Waals surface area contributed by atoms with Crippen LogP contribution in [-0.2, 0) is 13.1 Å². The van der Waals surface area contributed by atoms with Crippen LogP contribution in [-0.4, -0.2) is 50.3 Å². The van der Waals surface area contributed by atoms with Crippen molar-refractivity contribution < 1.29 is 9.47 Å². The molecule has 2 aromatic carbocycles. The third kappa shape index (κ3) is 4.79. The molecule has 0 spiro atoms. The van der Waals surface area contributed by atoms with Gasteiger partial charge >= 0.3 is 0 Å². The number of methoxy groups -OCH3 is 2. The molecule has 1 heterocycles. The highest BCUT2D eigenvalue weighted by Crippen LogP contribution is 2.32. The Bertz CT molecular complexity index is 1040. The molecule has 0 N–H and O–H groups in total. The van der Waals surface area contributed by atoms with Crippen molar-refractivity contribution in [1.29, 1.82) is 0 Å². The molecule has 0 fully saturated rings. The highest BCUT2D eigenvalue weighted by Gasteiger charge is 2.14. The number of aromatic nitrogens is 1. The molecule has 0 saturated carbocycles. The zero-order valence-electron chi connectivity index (χ0n) is 18.5. The van der Waals surface area contributed by atoms with E-state index in [4.69, 9.17) is 9.47 Å². The first-order valence-electron chi connectivity index (χ1n) is 10.2. The lowest BCUT2D eigenvalue weighted by Gasteiger charge is -2.24. The second kappa shape index (κ2) is 10.00. The van der Waals surface area contributed by atoms with Crippen molar-refractivity contribution in [3.8, 4) is 11.5 Å². The van der Waals surface area contributed by atoms with E-state index in [1.807, 2.05) is 10.0 Å². The number of nitrogens with zero attached hydrogens (tertiary/aromatic N) is 3. The molecular formula is C23H31N3O3S. The summed E-state index contributed by atoms with van der Waals surface area (Å²) in [6.45, 7) is 5.70. The smallest absolute Gasteiger partial charge is 0.268 e. The third-order valence-electron chi connectivity index (χ3n) is 5.30. The predicted octanol–water partition coefficient (Wildman–Crippen LogP) is 4.06. The molecule has 0 aliphatic rings. The number of anilines is 1. The molecule has 0 bridgehead atoms. The van der Waals surface area contributed by atoms with Gasteiger partial charge in [-0.25, -0.2) is 0 Å². The van der Waals surface area contributed by atoms with E-state index in [0.29, 0.717) is 23.4 Å². The highest BCUT2D eigenvalue weighted by molar-refractivity contribution is 7.13. The Kier molecular flexibility index (Phi) is 7.39. The quantitative estimate of drug-likeness (QED) is 0.486. The third-order valence-corrected chi connectivity index (χ3v) is 6.40. The Morgan fingerprint density at radius 2 is 1.77 bits per heavy atom. The molecule has 162 valence electrons. The number of hydrogen-bond acceptors (Lipinski definition) is 6. The SMILES string of the molecule is CCN(CCCn1sc2cc(OC)c(OC)cc2c1=O)Cc1ccccc1N(C)C. The lowest BCUT2D eigenvalue weighted by Crippen LogP contribution is -2.26. The summed E-state index contributed by atoms with van der Waals surface area (Å²) in [6.07, 6.45) is 0.916. The second-order valence-electron chi connectivity index (χ2n) is 7.45. The van der Waals surface area contributed by atoms with Crippen LogP contribution in [0.4, 0.5) is 5.69 Å². The summed E-state index contributed by atoms with van der Waals surface area (Å²) < 4.78 is 13.5. The molecule has 0 unspecified atom stereocenters. The van der Waals surface area contributed by atoms with Crippen LogP contribution in [0, 0.1) is 0 Å². The summed E-state index contributed by atoms with van der Waals surface area (Å²) in [5.74, 6) is 1.24. The molecule has 3 aromatic rings. The van der Waals surface area contributed by atoms with Crippen LogP contribution in [0.1, 0.15) is 18.9 Å². The van der Waals surface area contributed by atoms with Gasteiger partial charge in [0, 0.05) is 45.5 Å². The molecule has 0 amide bonds. The average molecular weight is 430 g/mol. The van der Waals surface area contributed by atoms with E-state index in [2.05, 4.69) is 55.1 Å². The fourth-order valence-corrected chi connectivity index (χ4v) is 4.70. The van der Waals surface area contributed by atoms with Gasteiger partial charge in [-0.05, 0) is 30.7 Å². The fourth-order valence-electron chi connectivity index (χ4n) is 3.65. The van der Waals surface area contributed by atoms with Crippen LogP contribution < -0.4 is 19.9 Å². The lowest BCUT2D eigenvalue weighted by atomic mass is 10.1. The van der Waals surface area contributed by atoms with Gasteiger partial charge in [-0.1, -0.05) is 36.7 Å². The zero-order valence-corrected chi connectivity index (χ0v) is 19.3. The second-order valence-corrected chi connectivity index (χ2v) is 8.51. The van der Waals surface area contributed by atoms with Crippen molar-refractivity contribution in [2.24, 2.45) is 0 Å². The lowest BCUT2D eigenvalue weighted by molar-refractivity contribution is 0.272. The van der Waals surface area contributed by atoms with Gasteiger partial charge in [0.2, 0.25) is 0 Å². The highest BCUT2D eigenvalue weighted by atomic mass is 32.1. The molecule has 6 nitrogen and oxygen atoms in total.